The van der Waals surface area contributed by atoms with Crippen LogP contribution in [-0.2, 0) is 6.54 Å². The fourth-order valence-electron chi connectivity index (χ4n) is 2.93. The quantitative estimate of drug-likeness (QED) is 0.872. The lowest BCUT2D eigenvalue weighted by atomic mass is 9.85. The number of nitrogens with zero attached hydrogens (tertiary/aromatic N) is 2. The molecule has 0 amide bonds. The lowest BCUT2D eigenvalue weighted by Crippen LogP contribution is -2.49. The summed E-state index contributed by atoms with van der Waals surface area (Å²) in [5, 5.41) is 17.2. The van der Waals surface area contributed by atoms with Crippen LogP contribution in [0.15, 0.2) is 16.9 Å². The molecule has 2 unspecified atom stereocenters. The van der Waals surface area contributed by atoms with E-state index in [2.05, 4.69) is 26.3 Å². The Balaban J connectivity index is 1.94. The van der Waals surface area contributed by atoms with Crippen molar-refractivity contribution in [3.63, 3.8) is 0 Å². The summed E-state index contributed by atoms with van der Waals surface area (Å²) in [7, 11) is 1.96. The highest BCUT2D eigenvalue weighted by Crippen LogP contribution is 2.37. The first-order valence-corrected chi connectivity index (χ1v) is 6.97. The monoisotopic (exact) mass is 301 g/mol. The molecular weight excluding hydrogens is 282 g/mol. The number of aromatic nitrogens is 2. The minimum absolute atomic E-state index is 0.0651. The first-order valence-electron chi connectivity index (χ1n) is 6.18. The molecule has 17 heavy (non-hydrogen) atoms. The zero-order valence-corrected chi connectivity index (χ0v) is 11.8. The molecule has 0 spiro atoms. The van der Waals surface area contributed by atoms with Gasteiger partial charge < -0.3 is 10.4 Å². The largest absolute Gasteiger partial charge is 0.394 e. The van der Waals surface area contributed by atoms with Crippen molar-refractivity contribution in [1.29, 1.82) is 0 Å². The number of likely N-dealkylation sites (N-methyl/N-ethyl adjacent to an activating group) is 1. The van der Waals surface area contributed by atoms with E-state index in [1.165, 1.54) is 12.8 Å². The number of nitrogens with one attached hydrogen (secondary N) is 1. The van der Waals surface area contributed by atoms with Crippen molar-refractivity contribution in [3.05, 3.63) is 16.9 Å². The Labute approximate surface area is 111 Å². The Morgan fingerprint density at radius 3 is 3.12 bits per heavy atom. The Bertz CT molecular complexity index is 362. The van der Waals surface area contributed by atoms with E-state index in [4.69, 9.17) is 0 Å². The van der Waals surface area contributed by atoms with Gasteiger partial charge in [-0.3, -0.25) is 4.68 Å². The molecular formula is C12H20BrN3O. The lowest BCUT2D eigenvalue weighted by molar-refractivity contribution is 0.124. The normalized spacial score (nSPS) is 28.8. The fourth-order valence-corrected chi connectivity index (χ4v) is 3.26. The predicted molar refractivity (Wildman–Crippen MR) is 70.8 cm³/mol. The van der Waals surface area contributed by atoms with Gasteiger partial charge in [0.2, 0.25) is 0 Å². The van der Waals surface area contributed by atoms with Crippen LogP contribution in [0.5, 0.6) is 0 Å². The average molecular weight is 302 g/mol. The van der Waals surface area contributed by atoms with Crippen LogP contribution >= 0.6 is 15.9 Å². The highest BCUT2D eigenvalue weighted by atomic mass is 79.9. The van der Waals surface area contributed by atoms with Gasteiger partial charge in [-0.1, -0.05) is 6.42 Å². The molecule has 0 bridgehead atoms. The molecule has 1 heterocycles. The van der Waals surface area contributed by atoms with Gasteiger partial charge in [0, 0.05) is 18.3 Å². The van der Waals surface area contributed by atoms with E-state index in [9.17, 15) is 5.11 Å². The molecule has 0 aromatic carbocycles. The highest BCUT2D eigenvalue weighted by Gasteiger charge is 2.40. The highest BCUT2D eigenvalue weighted by molar-refractivity contribution is 9.10. The molecule has 0 aliphatic heterocycles. The first-order chi connectivity index (χ1) is 8.20. The van der Waals surface area contributed by atoms with Gasteiger partial charge in [-0.2, -0.15) is 5.10 Å². The Hall–Kier alpha value is -0.390. The fraction of sp³-hybridized carbons (Fsp3) is 0.750. The van der Waals surface area contributed by atoms with Gasteiger partial charge in [0.1, 0.15) is 0 Å². The molecule has 1 fully saturated rings. The number of aryl methyl sites for hydroxylation is 1. The Morgan fingerprint density at radius 2 is 2.53 bits per heavy atom. The zero-order chi connectivity index (χ0) is 12.3. The first kappa shape index (κ1) is 13.1. The van der Waals surface area contributed by atoms with Crippen LogP contribution in [0.25, 0.3) is 0 Å². The molecule has 2 N–H and O–H groups in total. The van der Waals surface area contributed by atoms with Gasteiger partial charge in [-0.05, 0) is 48.2 Å². The van der Waals surface area contributed by atoms with E-state index >= 15 is 0 Å². The van der Waals surface area contributed by atoms with Crippen LogP contribution in [-0.4, -0.2) is 34.1 Å². The van der Waals surface area contributed by atoms with Crippen molar-refractivity contribution in [2.45, 2.75) is 37.8 Å². The second kappa shape index (κ2) is 5.50. The van der Waals surface area contributed by atoms with Gasteiger partial charge in [-0.15, -0.1) is 0 Å². The summed E-state index contributed by atoms with van der Waals surface area (Å²) in [5.74, 6) is 0.542. The zero-order valence-electron chi connectivity index (χ0n) is 10.2. The summed E-state index contributed by atoms with van der Waals surface area (Å²) >= 11 is 3.40. The van der Waals surface area contributed by atoms with Gasteiger partial charge in [0.15, 0.2) is 0 Å². The van der Waals surface area contributed by atoms with Crippen molar-refractivity contribution in [1.82, 2.24) is 15.1 Å². The van der Waals surface area contributed by atoms with Crippen molar-refractivity contribution in [2.24, 2.45) is 5.92 Å². The number of rotatable bonds is 5. The van der Waals surface area contributed by atoms with Gasteiger partial charge in [-0.25, -0.2) is 0 Å². The van der Waals surface area contributed by atoms with E-state index in [0.717, 1.165) is 23.9 Å². The van der Waals surface area contributed by atoms with E-state index in [-0.39, 0.29) is 12.1 Å². The van der Waals surface area contributed by atoms with Crippen molar-refractivity contribution >= 4 is 15.9 Å². The van der Waals surface area contributed by atoms with E-state index in [1.807, 2.05) is 24.1 Å². The number of aliphatic hydroxyl groups is 1. The summed E-state index contributed by atoms with van der Waals surface area (Å²) in [6.45, 7) is 1.15. The average Bonchev–Trinajstić information content (AvgIpc) is 2.93. The maximum atomic E-state index is 9.60. The van der Waals surface area contributed by atoms with Crippen LogP contribution in [0, 0.1) is 5.92 Å². The SMILES string of the molecule is CNC1(CO)CCCC1CCn1cc(Br)cn1. The molecule has 2 atom stereocenters. The second-order valence-corrected chi connectivity index (χ2v) is 5.78. The van der Waals surface area contributed by atoms with Crippen LogP contribution in [0.1, 0.15) is 25.7 Å². The standard InChI is InChI=1S/C12H20BrN3O/c1-14-12(9-17)5-2-3-10(12)4-6-16-8-11(13)7-15-16/h7-8,10,14,17H,2-6,9H2,1H3. The molecule has 0 saturated heterocycles. The number of halogens is 1. The summed E-state index contributed by atoms with van der Waals surface area (Å²) in [6, 6.07) is 0. The number of hydrogen-bond acceptors (Lipinski definition) is 3. The molecule has 96 valence electrons. The molecule has 5 heteroatoms. The molecule has 1 saturated carbocycles. The van der Waals surface area contributed by atoms with E-state index in [1.54, 1.807) is 0 Å². The summed E-state index contributed by atoms with van der Waals surface area (Å²) < 4.78 is 2.98. The summed E-state index contributed by atoms with van der Waals surface area (Å²) in [5.41, 5.74) is -0.0651. The van der Waals surface area contributed by atoms with Crippen LogP contribution in [0.2, 0.25) is 0 Å². The molecule has 1 aliphatic rings. The smallest absolute Gasteiger partial charge is 0.0632 e. The maximum absolute atomic E-state index is 9.60. The van der Waals surface area contributed by atoms with Gasteiger partial charge in [0.25, 0.3) is 0 Å². The predicted octanol–water partition coefficient (Wildman–Crippen LogP) is 1.79. The summed E-state index contributed by atoms with van der Waals surface area (Å²) in [6.07, 6.45) is 8.35. The molecule has 0 radical (unpaired) electrons. The minimum atomic E-state index is -0.0651. The second-order valence-electron chi connectivity index (χ2n) is 4.86. The molecule has 1 aromatic rings. The van der Waals surface area contributed by atoms with Gasteiger partial charge >= 0.3 is 0 Å². The Morgan fingerprint density at radius 1 is 1.71 bits per heavy atom. The Kier molecular flexibility index (Phi) is 4.22. The van der Waals surface area contributed by atoms with E-state index < -0.39 is 0 Å². The van der Waals surface area contributed by atoms with Crippen molar-refractivity contribution in [2.75, 3.05) is 13.7 Å². The molecule has 4 nitrogen and oxygen atoms in total. The number of hydrogen-bond donors (Lipinski definition) is 2. The van der Waals surface area contributed by atoms with Crippen LogP contribution in [0.4, 0.5) is 0 Å². The van der Waals surface area contributed by atoms with Gasteiger partial charge in [0.05, 0.1) is 17.3 Å². The minimum Gasteiger partial charge on any atom is -0.394 e. The topological polar surface area (TPSA) is 50.1 Å². The summed E-state index contributed by atoms with van der Waals surface area (Å²) in [4.78, 5) is 0. The molecule has 1 aliphatic carbocycles. The lowest BCUT2D eigenvalue weighted by Gasteiger charge is -2.33. The van der Waals surface area contributed by atoms with Crippen molar-refractivity contribution < 1.29 is 5.11 Å². The van der Waals surface area contributed by atoms with Crippen LogP contribution in [0.3, 0.4) is 0 Å². The molecule has 2 rings (SSSR count). The van der Waals surface area contributed by atoms with Crippen LogP contribution < -0.4 is 5.32 Å². The van der Waals surface area contributed by atoms with E-state index in [0.29, 0.717) is 5.92 Å². The third kappa shape index (κ3) is 2.72. The van der Waals surface area contributed by atoms with Crippen molar-refractivity contribution in [3.8, 4) is 0 Å². The maximum Gasteiger partial charge on any atom is 0.0632 e. The number of aliphatic hydroxyl groups excluding tert-OH is 1. The third-order valence-corrected chi connectivity index (χ3v) is 4.45. The third-order valence-electron chi connectivity index (χ3n) is 4.05. The molecule has 1 aromatic heterocycles.